The van der Waals surface area contributed by atoms with Gasteiger partial charge in [-0.2, -0.15) is 0 Å². The molecule has 24 heavy (non-hydrogen) atoms. The lowest BCUT2D eigenvalue weighted by Crippen LogP contribution is -2.34. The highest BCUT2D eigenvalue weighted by molar-refractivity contribution is 7.90. The molecule has 1 aromatic rings. The number of benzene rings is 1. The molecule has 0 spiro atoms. The maximum atomic E-state index is 12.1. The second kappa shape index (κ2) is 8.33. The number of carbonyl (C=O) groups is 2. The number of hydrogen-bond acceptors (Lipinski definition) is 6. The number of nitrogens with one attached hydrogen (secondary N) is 1. The van der Waals surface area contributed by atoms with E-state index < -0.39 is 28.2 Å². The number of amides is 1. The Bertz CT molecular complexity index is 760. The van der Waals surface area contributed by atoms with Crippen LogP contribution < -0.4 is 4.72 Å². The van der Waals surface area contributed by atoms with Crippen molar-refractivity contribution in [2.75, 3.05) is 6.61 Å². The van der Waals surface area contributed by atoms with Gasteiger partial charge in [0.2, 0.25) is 0 Å². The van der Waals surface area contributed by atoms with Gasteiger partial charge in [-0.15, -0.1) is 5.73 Å². The molecule has 0 fully saturated rings. The molecule has 1 rings (SSSR count). The van der Waals surface area contributed by atoms with Crippen LogP contribution in [-0.2, 0) is 24.3 Å². The number of rotatable bonds is 6. The van der Waals surface area contributed by atoms with Gasteiger partial charge in [0.05, 0.1) is 11.5 Å². The Morgan fingerprint density at radius 3 is 2.38 bits per heavy atom. The molecule has 1 N–H and O–H groups in total. The van der Waals surface area contributed by atoms with E-state index in [1.807, 2.05) is 0 Å². The van der Waals surface area contributed by atoms with E-state index in [0.717, 1.165) is 5.56 Å². The molecule has 8 heteroatoms. The zero-order chi connectivity index (χ0) is 18.3. The van der Waals surface area contributed by atoms with E-state index >= 15 is 0 Å². The van der Waals surface area contributed by atoms with E-state index in [0.29, 0.717) is 0 Å². The lowest BCUT2D eigenvalue weighted by atomic mass is 10.2. The van der Waals surface area contributed by atoms with Crippen LogP contribution in [0.15, 0.2) is 47.0 Å². The number of hydrogen-bond donors (Lipinski definition) is 1. The molecule has 0 saturated carbocycles. The summed E-state index contributed by atoms with van der Waals surface area (Å²) >= 11 is 0. The molecule has 1 atom stereocenters. The summed E-state index contributed by atoms with van der Waals surface area (Å²) in [4.78, 5) is 23.3. The summed E-state index contributed by atoms with van der Waals surface area (Å²) in [6, 6.07) is 5.92. The van der Waals surface area contributed by atoms with Crippen LogP contribution in [0, 0.1) is 6.92 Å². The summed E-state index contributed by atoms with van der Waals surface area (Å²) in [5, 5.41) is 0. The number of ether oxygens (including phenoxy) is 2. The second-order valence-electron chi connectivity index (χ2n) is 4.78. The van der Waals surface area contributed by atoms with E-state index in [2.05, 4.69) is 12.3 Å². The van der Waals surface area contributed by atoms with Crippen molar-refractivity contribution in [3.63, 3.8) is 0 Å². The highest BCUT2D eigenvalue weighted by Crippen LogP contribution is 2.12. The second-order valence-corrected chi connectivity index (χ2v) is 6.46. The highest BCUT2D eigenvalue weighted by atomic mass is 32.2. The Morgan fingerprint density at radius 1 is 1.29 bits per heavy atom. The Balaban J connectivity index is 2.79. The summed E-state index contributed by atoms with van der Waals surface area (Å²) < 4.78 is 35.6. The van der Waals surface area contributed by atoms with Crippen LogP contribution in [-0.4, -0.2) is 33.2 Å². The first kappa shape index (κ1) is 19.5. The molecule has 0 bridgehead atoms. The number of sulfonamides is 1. The van der Waals surface area contributed by atoms with Gasteiger partial charge in [0, 0.05) is 0 Å². The van der Waals surface area contributed by atoms with E-state index in [4.69, 9.17) is 9.47 Å². The van der Waals surface area contributed by atoms with E-state index in [9.17, 15) is 18.0 Å². The third-order valence-electron chi connectivity index (χ3n) is 2.93. The van der Waals surface area contributed by atoms with Gasteiger partial charge in [-0.25, -0.2) is 22.7 Å². The molecule has 1 aromatic carbocycles. The molecule has 0 radical (unpaired) electrons. The van der Waals surface area contributed by atoms with E-state index in [1.165, 1.54) is 19.1 Å². The molecule has 1 amide bonds. The van der Waals surface area contributed by atoms with Crippen LogP contribution in [0.2, 0.25) is 0 Å². The molecule has 7 nitrogen and oxygen atoms in total. The zero-order valence-electron chi connectivity index (χ0n) is 13.7. The van der Waals surface area contributed by atoms with Crippen molar-refractivity contribution in [3.05, 3.63) is 47.7 Å². The van der Waals surface area contributed by atoms with Gasteiger partial charge in [0.25, 0.3) is 10.0 Å². The van der Waals surface area contributed by atoms with Crippen LogP contribution in [0.1, 0.15) is 19.4 Å². The number of carbonyl (C=O) groups excluding carboxylic acids is 2. The molecular formula is C16H19NO6S. The predicted molar refractivity (Wildman–Crippen MR) is 86.7 cm³/mol. The molecule has 0 heterocycles. The first-order chi connectivity index (χ1) is 11.2. The predicted octanol–water partition coefficient (Wildman–Crippen LogP) is 2.07. The lowest BCUT2D eigenvalue weighted by Gasteiger charge is -2.15. The number of esters is 1. The SMILES string of the molecule is C=C=C(C(=O)OCC)C(C)OC(=O)NS(=O)(=O)c1ccc(C)cc1. The van der Waals surface area contributed by atoms with E-state index in [-0.39, 0.29) is 17.1 Å². The largest absolute Gasteiger partial charge is 0.462 e. The highest BCUT2D eigenvalue weighted by Gasteiger charge is 2.24. The average Bonchev–Trinajstić information content (AvgIpc) is 2.47. The molecule has 130 valence electrons. The quantitative estimate of drug-likeness (QED) is 0.477. The standard InChI is InChI=1S/C16H19NO6S/c1-5-14(15(18)22-6-2)12(4)23-16(19)17-24(20,21)13-9-7-11(3)8-10-13/h7-10,12H,1,6H2,2-4H3,(H,17,19). The van der Waals surface area contributed by atoms with Crippen molar-refractivity contribution < 1.29 is 27.5 Å². The minimum absolute atomic E-state index is 0.0809. The van der Waals surface area contributed by atoms with Gasteiger partial charge in [0.1, 0.15) is 11.7 Å². The lowest BCUT2D eigenvalue weighted by molar-refractivity contribution is -0.139. The molecule has 0 saturated heterocycles. The summed E-state index contributed by atoms with van der Waals surface area (Å²) in [7, 11) is -4.07. The molecule has 0 aliphatic heterocycles. The molecule has 0 aliphatic carbocycles. The summed E-state index contributed by atoms with van der Waals surface area (Å²) in [6.07, 6.45) is -2.30. The topological polar surface area (TPSA) is 98.8 Å². The fourth-order valence-electron chi connectivity index (χ4n) is 1.72. The average molecular weight is 353 g/mol. The van der Waals surface area contributed by atoms with Gasteiger partial charge >= 0.3 is 12.1 Å². The normalized spacial score (nSPS) is 11.8. The first-order valence-corrected chi connectivity index (χ1v) is 8.56. The minimum atomic E-state index is -4.07. The molecule has 1 unspecified atom stereocenters. The van der Waals surface area contributed by atoms with Crippen LogP contribution in [0.3, 0.4) is 0 Å². The van der Waals surface area contributed by atoms with Gasteiger partial charge in [-0.05, 0) is 32.9 Å². The summed E-state index contributed by atoms with van der Waals surface area (Å²) in [5.41, 5.74) is 3.09. The molecule has 0 aliphatic rings. The van der Waals surface area contributed by atoms with Crippen LogP contribution >= 0.6 is 0 Å². The zero-order valence-corrected chi connectivity index (χ0v) is 14.5. The van der Waals surface area contributed by atoms with Crippen molar-refractivity contribution >= 4 is 22.1 Å². The van der Waals surface area contributed by atoms with Crippen molar-refractivity contribution in [1.82, 2.24) is 4.72 Å². The molecular weight excluding hydrogens is 334 g/mol. The van der Waals surface area contributed by atoms with Crippen molar-refractivity contribution in [2.45, 2.75) is 31.8 Å². The van der Waals surface area contributed by atoms with Crippen molar-refractivity contribution in [3.8, 4) is 0 Å². The van der Waals surface area contributed by atoms with Crippen LogP contribution in [0.5, 0.6) is 0 Å². The Hall–Kier alpha value is -2.57. The van der Waals surface area contributed by atoms with Crippen LogP contribution in [0.4, 0.5) is 4.79 Å². The number of aryl methyl sites for hydroxylation is 1. The Kier molecular flexibility index (Phi) is 6.76. The monoisotopic (exact) mass is 353 g/mol. The third kappa shape index (κ3) is 5.26. The first-order valence-electron chi connectivity index (χ1n) is 7.08. The van der Waals surface area contributed by atoms with Gasteiger partial charge in [-0.3, -0.25) is 0 Å². The van der Waals surface area contributed by atoms with Crippen LogP contribution in [0.25, 0.3) is 0 Å². The smallest absolute Gasteiger partial charge is 0.421 e. The van der Waals surface area contributed by atoms with Crippen molar-refractivity contribution in [1.29, 1.82) is 0 Å². The Labute approximate surface area is 141 Å². The van der Waals surface area contributed by atoms with Gasteiger partial charge in [-0.1, -0.05) is 24.3 Å². The van der Waals surface area contributed by atoms with Gasteiger partial charge < -0.3 is 9.47 Å². The molecule has 0 aromatic heterocycles. The fraction of sp³-hybridized carbons (Fsp3) is 0.312. The third-order valence-corrected chi connectivity index (χ3v) is 4.25. The Morgan fingerprint density at radius 2 is 1.88 bits per heavy atom. The maximum absolute atomic E-state index is 12.1. The van der Waals surface area contributed by atoms with Crippen molar-refractivity contribution in [2.24, 2.45) is 0 Å². The van der Waals surface area contributed by atoms with Gasteiger partial charge in [0.15, 0.2) is 0 Å². The fourth-order valence-corrected chi connectivity index (χ4v) is 2.60. The summed E-state index contributed by atoms with van der Waals surface area (Å²) in [5.74, 6) is -0.741. The van der Waals surface area contributed by atoms with E-state index in [1.54, 1.807) is 30.7 Å². The summed E-state index contributed by atoms with van der Waals surface area (Å²) in [6.45, 7) is 8.26. The minimum Gasteiger partial charge on any atom is -0.462 e. The maximum Gasteiger partial charge on any atom is 0.421 e.